The van der Waals surface area contributed by atoms with Crippen molar-refractivity contribution in [1.29, 1.82) is 5.41 Å². The summed E-state index contributed by atoms with van der Waals surface area (Å²) >= 11 is 0. The van der Waals surface area contributed by atoms with Crippen LogP contribution < -0.4 is 20.5 Å². The molecule has 0 amide bonds. The van der Waals surface area contributed by atoms with Crippen LogP contribution in [0.3, 0.4) is 0 Å². The van der Waals surface area contributed by atoms with Gasteiger partial charge in [-0.25, -0.2) is 0 Å². The Kier molecular flexibility index (Phi) is 6.17. The molecule has 2 N–H and O–H groups in total. The number of hydrogen-bond acceptors (Lipinski definition) is 3. The molecule has 4 heteroatoms. The predicted molar refractivity (Wildman–Crippen MR) is 128 cm³/mol. The molecule has 1 heterocycles. The zero-order valence-corrected chi connectivity index (χ0v) is 18.5. The van der Waals surface area contributed by atoms with Gasteiger partial charge in [-0.15, -0.1) is 0 Å². The highest BCUT2D eigenvalue weighted by atomic mass is 16.5. The molecule has 158 valence electrons. The molecule has 0 aliphatic heterocycles. The number of aryl methyl sites for hydroxylation is 3. The fraction of sp³-hybridized carbons (Fsp3) is 0.259. The maximum absolute atomic E-state index is 8.12. The summed E-state index contributed by atoms with van der Waals surface area (Å²) in [6, 6.07) is 16.9. The van der Waals surface area contributed by atoms with Crippen molar-refractivity contribution in [2.75, 3.05) is 14.2 Å². The largest absolute Gasteiger partial charge is 0.496 e. The van der Waals surface area contributed by atoms with Gasteiger partial charge in [0.25, 0.3) is 0 Å². The van der Waals surface area contributed by atoms with Crippen LogP contribution in [-0.2, 0) is 12.8 Å². The fourth-order valence-corrected chi connectivity index (χ4v) is 4.18. The quantitative estimate of drug-likeness (QED) is 0.480. The third-order valence-electron chi connectivity index (χ3n) is 5.88. The molecule has 4 rings (SSSR count). The molecule has 1 aromatic heterocycles. The van der Waals surface area contributed by atoms with Gasteiger partial charge in [0.05, 0.1) is 18.4 Å². The normalized spacial score (nSPS) is 12.4. The molecule has 0 saturated carbocycles. The van der Waals surface area contributed by atoms with Gasteiger partial charge in [-0.05, 0) is 72.4 Å². The van der Waals surface area contributed by atoms with E-state index in [0.717, 1.165) is 53.9 Å². The van der Waals surface area contributed by atoms with Crippen molar-refractivity contribution < 1.29 is 4.74 Å². The molecule has 0 radical (unpaired) electrons. The number of benzene rings is 2. The Morgan fingerprint density at radius 3 is 2.61 bits per heavy atom. The first-order chi connectivity index (χ1) is 15.1. The van der Waals surface area contributed by atoms with Crippen molar-refractivity contribution in [1.82, 2.24) is 10.3 Å². The van der Waals surface area contributed by atoms with Gasteiger partial charge in [0, 0.05) is 18.3 Å². The highest BCUT2D eigenvalue weighted by Crippen LogP contribution is 2.26. The third kappa shape index (κ3) is 4.38. The van der Waals surface area contributed by atoms with Gasteiger partial charge in [0.15, 0.2) is 0 Å². The number of para-hydroxylation sites is 1. The van der Waals surface area contributed by atoms with Crippen molar-refractivity contribution in [2.45, 2.75) is 32.6 Å². The summed E-state index contributed by atoms with van der Waals surface area (Å²) < 4.78 is 5.65. The molecule has 1 aliphatic rings. The van der Waals surface area contributed by atoms with Gasteiger partial charge in [-0.3, -0.25) is 10.4 Å². The summed E-state index contributed by atoms with van der Waals surface area (Å²) in [6.07, 6.45) is 8.47. The van der Waals surface area contributed by atoms with Crippen LogP contribution in [0.4, 0.5) is 0 Å². The van der Waals surface area contributed by atoms with E-state index in [4.69, 9.17) is 15.1 Å². The van der Waals surface area contributed by atoms with E-state index in [-0.39, 0.29) is 0 Å². The average molecular weight is 412 g/mol. The SMILES string of the molecule is CNC(=N)c1cccc(CCc2ccc(C)c(-c3ccc4c(c3)=CCCC=4)n2)c1OC. The van der Waals surface area contributed by atoms with Gasteiger partial charge >= 0.3 is 0 Å². The first-order valence-corrected chi connectivity index (χ1v) is 10.8. The maximum atomic E-state index is 8.12. The van der Waals surface area contributed by atoms with Crippen LogP contribution in [0, 0.1) is 12.3 Å². The Labute approximate surface area is 183 Å². The first-order valence-electron chi connectivity index (χ1n) is 10.8. The zero-order chi connectivity index (χ0) is 21.8. The molecular weight excluding hydrogens is 382 g/mol. The fourth-order valence-electron chi connectivity index (χ4n) is 4.18. The van der Waals surface area contributed by atoms with Crippen molar-refractivity contribution in [2.24, 2.45) is 0 Å². The number of nitrogens with zero attached hydrogens (tertiary/aromatic N) is 1. The molecular formula is C27H29N3O. The molecule has 0 saturated heterocycles. The van der Waals surface area contributed by atoms with Gasteiger partial charge in [-0.2, -0.15) is 0 Å². The van der Waals surface area contributed by atoms with Gasteiger partial charge in [-0.1, -0.05) is 42.5 Å². The van der Waals surface area contributed by atoms with Crippen LogP contribution in [0.15, 0.2) is 48.5 Å². The number of amidine groups is 1. The number of ether oxygens (including phenoxy) is 1. The number of rotatable bonds is 6. The summed E-state index contributed by atoms with van der Waals surface area (Å²) in [7, 11) is 3.42. The minimum atomic E-state index is 0.357. The van der Waals surface area contributed by atoms with Crippen LogP contribution in [-0.4, -0.2) is 25.0 Å². The van der Waals surface area contributed by atoms with Crippen LogP contribution in [0.25, 0.3) is 23.4 Å². The lowest BCUT2D eigenvalue weighted by atomic mass is 9.99. The zero-order valence-electron chi connectivity index (χ0n) is 18.5. The summed E-state index contributed by atoms with van der Waals surface area (Å²) in [5.74, 6) is 1.12. The van der Waals surface area contributed by atoms with Gasteiger partial charge < -0.3 is 10.1 Å². The van der Waals surface area contributed by atoms with Crippen LogP contribution in [0.5, 0.6) is 5.75 Å². The van der Waals surface area contributed by atoms with E-state index in [9.17, 15) is 0 Å². The Balaban J connectivity index is 1.61. The second-order valence-corrected chi connectivity index (χ2v) is 7.92. The first kappa shape index (κ1) is 20.9. The number of fused-ring (bicyclic) bond motifs is 1. The third-order valence-corrected chi connectivity index (χ3v) is 5.88. The minimum Gasteiger partial charge on any atom is -0.496 e. The van der Waals surface area contributed by atoms with Crippen molar-refractivity contribution in [3.63, 3.8) is 0 Å². The molecule has 3 aromatic rings. The molecule has 0 spiro atoms. The maximum Gasteiger partial charge on any atom is 0.132 e. The van der Waals surface area contributed by atoms with E-state index >= 15 is 0 Å². The molecule has 4 nitrogen and oxygen atoms in total. The molecule has 0 fully saturated rings. The Morgan fingerprint density at radius 1 is 1.03 bits per heavy atom. The second kappa shape index (κ2) is 9.17. The Bertz CT molecular complexity index is 1240. The standard InChI is InChI=1S/C27H29N3O/c1-18-11-15-23(16-14-20-9-6-10-24(26(20)31-3)27(28)29-2)30-25(18)22-13-12-19-7-4-5-8-21(19)17-22/h6-13,15,17H,4-5,14,16H2,1-3H3,(H2,28,29). The lowest BCUT2D eigenvalue weighted by molar-refractivity contribution is 0.408. The number of pyridine rings is 1. The van der Waals surface area contributed by atoms with Crippen LogP contribution in [0.2, 0.25) is 0 Å². The molecule has 0 atom stereocenters. The van der Waals surface area contributed by atoms with Crippen molar-refractivity contribution in [3.8, 4) is 17.0 Å². The van der Waals surface area contributed by atoms with Gasteiger partial charge in [0.1, 0.15) is 11.6 Å². The van der Waals surface area contributed by atoms with E-state index in [1.54, 1.807) is 14.2 Å². The summed E-state index contributed by atoms with van der Waals surface area (Å²) in [4.78, 5) is 5.02. The Morgan fingerprint density at radius 2 is 1.84 bits per heavy atom. The van der Waals surface area contributed by atoms with Crippen LogP contribution >= 0.6 is 0 Å². The lowest BCUT2D eigenvalue weighted by Crippen LogP contribution is -2.26. The highest BCUT2D eigenvalue weighted by molar-refractivity contribution is 5.99. The number of hydrogen-bond donors (Lipinski definition) is 2. The smallest absolute Gasteiger partial charge is 0.132 e. The second-order valence-electron chi connectivity index (χ2n) is 7.92. The summed E-state index contributed by atoms with van der Waals surface area (Å²) in [6.45, 7) is 2.12. The summed E-state index contributed by atoms with van der Waals surface area (Å²) in [5.41, 5.74) is 6.34. The number of methoxy groups -OCH3 is 1. The number of nitrogens with one attached hydrogen (secondary N) is 2. The monoisotopic (exact) mass is 411 g/mol. The van der Waals surface area contributed by atoms with E-state index < -0.39 is 0 Å². The van der Waals surface area contributed by atoms with E-state index in [0.29, 0.717) is 5.84 Å². The number of aromatic nitrogens is 1. The van der Waals surface area contributed by atoms with Crippen LogP contribution in [0.1, 0.15) is 35.2 Å². The van der Waals surface area contributed by atoms with E-state index in [1.165, 1.54) is 21.6 Å². The van der Waals surface area contributed by atoms with Crippen molar-refractivity contribution in [3.05, 3.63) is 81.4 Å². The highest BCUT2D eigenvalue weighted by Gasteiger charge is 2.13. The summed E-state index contributed by atoms with van der Waals surface area (Å²) in [5, 5.41) is 13.6. The molecule has 31 heavy (non-hydrogen) atoms. The lowest BCUT2D eigenvalue weighted by Gasteiger charge is -2.14. The van der Waals surface area contributed by atoms with E-state index in [1.807, 2.05) is 12.1 Å². The Hall–Kier alpha value is -3.40. The van der Waals surface area contributed by atoms with Crippen molar-refractivity contribution >= 4 is 18.0 Å². The average Bonchev–Trinajstić information content (AvgIpc) is 2.82. The topological polar surface area (TPSA) is 58.0 Å². The molecule has 0 bridgehead atoms. The predicted octanol–water partition coefficient (Wildman–Crippen LogP) is 3.75. The molecule has 1 aliphatic carbocycles. The van der Waals surface area contributed by atoms with E-state index in [2.05, 4.69) is 60.8 Å². The van der Waals surface area contributed by atoms with Gasteiger partial charge in [0.2, 0.25) is 0 Å². The molecule has 0 unspecified atom stereocenters. The minimum absolute atomic E-state index is 0.357. The molecule has 2 aromatic carbocycles.